The second-order valence-electron chi connectivity index (χ2n) is 4.90. The Morgan fingerprint density at radius 1 is 1.43 bits per heavy atom. The van der Waals surface area contributed by atoms with Gasteiger partial charge >= 0.3 is 5.97 Å². The number of carboxylic acids is 1. The fourth-order valence-electron chi connectivity index (χ4n) is 1.82. The van der Waals surface area contributed by atoms with Crippen molar-refractivity contribution in [2.75, 3.05) is 0 Å². The molecule has 2 atom stereocenters. The Labute approximate surface area is 132 Å². The minimum atomic E-state index is -0.800. The molecule has 0 saturated carbocycles. The van der Waals surface area contributed by atoms with Crippen molar-refractivity contribution in [3.8, 4) is 11.3 Å². The average Bonchev–Trinajstić information content (AvgIpc) is 2.93. The van der Waals surface area contributed by atoms with Gasteiger partial charge in [0.1, 0.15) is 5.01 Å². The fraction of sp³-hybridized carbons (Fsp3) is 0.333. The molecule has 4 nitrogen and oxygen atoms in total. The third-order valence-corrected chi connectivity index (χ3v) is 4.59. The van der Waals surface area contributed by atoms with Gasteiger partial charge in [0.25, 0.3) is 0 Å². The lowest BCUT2D eigenvalue weighted by Crippen LogP contribution is -2.35. The molecule has 0 aliphatic heterocycles. The maximum Gasteiger partial charge on any atom is 0.307 e. The van der Waals surface area contributed by atoms with Crippen LogP contribution in [0.5, 0.6) is 0 Å². The van der Waals surface area contributed by atoms with Gasteiger partial charge in [-0.3, -0.25) is 4.79 Å². The molecule has 2 unspecified atom stereocenters. The number of aromatic nitrogens is 1. The van der Waals surface area contributed by atoms with Crippen molar-refractivity contribution >= 4 is 28.9 Å². The molecule has 1 heterocycles. The van der Waals surface area contributed by atoms with Crippen LogP contribution in [0.15, 0.2) is 29.6 Å². The largest absolute Gasteiger partial charge is 0.481 e. The highest BCUT2D eigenvalue weighted by Gasteiger charge is 2.19. The SMILES string of the molecule is CC(NCc1nc(-c2ccccc2Cl)cs1)C(C)C(=O)O. The highest BCUT2D eigenvalue weighted by Crippen LogP contribution is 2.28. The summed E-state index contributed by atoms with van der Waals surface area (Å²) in [7, 11) is 0. The second-order valence-corrected chi connectivity index (χ2v) is 6.25. The van der Waals surface area contributed by atoms with Gasteiger partial charge in [-0.1, -0.05) is 36.7 Å². The first kappa shape index (κ1) is 15.9. The van der Waals surface area contributed by atoms with E-state index < -0.39 is 11.9 Å². The van der Waals surface area contributed by atoms with E-state index in [1.165, 1.54) is 11.3 Å². The van der Waals surface area contributed by atoms with Crippen LogP contribution in [0.4, 0.5) is 0 Å². The highest BCUT2D eigenvalue weighted by molar-refractivity contribution is 7.09. The van der Waals surface area contributed by atoms with E-state index in [0.717, 1.165) is 16.3 Å². The van der Waals surface area contributed by atoms with Gasteiger partial charge in [0.2, 0.25) is 0 Å². The van der Waals surface area contributed by atoms with Gasteiger partial charge in [-0.05, 0) is 13.0 Å². The molecular weight excluding hydrogens is 308 g/mol. The van der Waals surface area contributed by atoms with E-state index in [0.29, 0.717) is 11.6 Å². The second kappa shape index (κ2) is 7.02. The number of hydrogen-bond donors (Lipinski definition) is 2. The number of halogens is 1. The molecule has 0 spiro atoms. The van der Waals surface area contributed by atoms with Crippen LogP contribution in [0.3, 0.4) is 0 Å². The van der Waals surface area contributed by atoms with Gasteiger partial charge in [-0.2, -0.15) is 0 Å². The molecule has 21 heavy (non-hydrogen) atoms. The number of benzene rings is 1. The zero-order valence-corrected chi connectivity index (χ0v) is 13.4. The van der Waals surface area contributed by atoms with E-state index in [4.69, 9.17) is 16.7 Å². The first-order valence-corrected chi connectivity index (χ1v) is 7.90. The van der Waals surface area contributed by atoms with Crippen molar-refractivity contribution in [3.05, 3.63) is 39.7 Å². The third-order valence-electron chi connectivity index (χ3n) is 3.42. The van der Waals surface area contributed by atoms with Crippen molar-refractivity contribution in [3.63, 3.8) is 0 Å². The van der Waals surface area contributed by atoms with Gasteiger partial charge in [-0.15, -0.1) is 11.3 Å². The molecular formula is C15H17ClN2O2S. The highest BCUT2D eigenvalue weighted by atomic mass is 35.5. The lowest BCUT2D eigenvalue weighted by Gasteiger charge is -2.16. The standard InChI is InChI=1S/C15H17ClN2O2S/c1-9(15(19)20)10(2)17-7-14-18-13(8-21-14)11-5-3-4-6-12(11)16/h3-6,8-10,17H,7H2,1-2H3,(H,19,20). The molecule has 2 N–H and O–H groups in total. The summed E-state index contributed by atoms with van der Waals surface area (Å²) in [5.41, 5.74) is 1.76. The summed E-state index contributed by atoms with van der Waals surface area (Å²) in [5.74, 6) is -1.24. The molecule has 112 valence electrons. The van der Waals surface area contributed by atoms with E-state index in [1.54, 1.807) is 6.92 Å². The summed E-state index contributed by atoms with van der Waals surface area (Å²) in [5, 5.41) is 15.7. The minimum absolute atomic E-state index is 0.116. The molecule has 2 aromatic rings. The Kier molecular flexibility index (Phi) is 5.33. The van der Waals surface area contributed by atoms with Gasteiger partial charge in [0.15, 0.2) is 0 Å². The first-order valence-electron chi connectivity index (χ1n) is 6.64. The van der Waals surface area contributed by atoms with Crippen molar-refractivity contribution in [1.82, 2.24) is 10.3 Å². The number of hydrogen-bond acceptors (Lipinski definition) is 4. The molecule has 1 aromatic carbocycles. The molecule has 0 aliphatic rings. The molecule has 2 rings (SSSR count). The van der Waals surface area contributed by atoms with E-state index in [9.17, 15) is 4.79 Å². The van der Waals surface area contributed by atoms with Crippen LogP contribution in [-0.4, -0.2) is 22.1 Å². The van der Waals surface area contributed by atoms with E-state index in [1.807, 2.05) is 36.6 Å². The number of nitrogens with one attached hydrogen (secondary N) is 1. The van der Waals surface area contributed by atoms with Crippen LogP contribution < -0.4 is 5.32 Å². The van der Waals surface area contributed by atoms with E-state index in [2.05, 4.69) is 10.3 Å². The third kappa shape index (κ3) is 4.03. The minimum Gasteiger partial charge on any atom is -0.481 e. The molecule has 6 heteroatoms. The zero-order chi connectivity index (χ0) is 15.4. The zero-order valence-electron chi connectivity index (χ0n) is 11.8. The van der Waals surface area contributed by atoms with E-state index in [-0.39, 0.29) is 6.04 Å². The van der Waals surface area contributed by atoms with Gasteiger partial charge < -0.3 is 10.4 Å². The molecule has 0 aliphatic carbocycles. The normalized spacial score (nSPS) is 13.9. The average molecular weight is 325 g/mol. The summed E-state index contributed by atoms with van der Waals surface area (Å²) in [6.45, 7) is 4.10. The van der Waals surface area contributed by atoms with Crippen molar-refractivity contribution in [1.29, 1.82) is 0 Å². The Morgan fingerprint density at radius 3 is 2.81 bits per heavy atom. The van der Waals surface area contributed by atoms with E-state index >= 15 is 0 Å². The number of thiazole rings is 1. The van der Waals surface area contributed by atoms with Crippen molar-refractivity contribution in [2.45, 2.75) is 26.4 Å². The molecule has 0 amide bonds. The lowest BCUT2D eigenvalue weighted by atomic mass is 10.0. The molecule has 1 aromatic heterocycles. The van der Waals surface area contributed by atoms with Crippen molar-refractivity contribution in [2.24, 2.45) is 5.92 Å². The summed E-state index contributed by atoms with van der Waals surface area (Å²) in [6.07, 6.45) is 0. The van der Waals surface area contributed by atoms with Crippen LogP contribution in [0, 0.1) is 5.92 Å². The maximum absolute atomic E-state index is 10.9. The van der Waals surface area contributed by atoms with Gasteiger partial charge in [0.05, 0.1) is 11.6 Å². The maximum atomic E-state index is 10.9. The van der Waals surface area contributed by atoms with Crippen LogP contribution in [-0.2, 0) is 11.3 Å². The first-order chi connectivity index (χ1) is 9.99. The van der Waals surface area contributed by atoms with Crippen LogP contribution in [0.1, 0.15) is 18.9 Å². The summed E-state index contributed by atoms with van der Waals surface area (Å²) >= 11 is 7.69. The van der Waals surface area contributed by atoms with Crippen LogP contribution >= 0.6 is 22.9 Å². The summed E-state index contributed by atoms with van der Waals surface area (Å²) < 4.78 is 0. The molecule has 0 bridgehead atoms. The molecule has 0 fully saturated rings. The van der Waals surface area contributed by atoms with Gasteiger partial charge in [-0.25, -0.2) is 4.98 Å². The Bertz CT molecular complexity index is 630. The molecule has 0 saturated heterocycles. The monoisotopic (exact) mass is 324 g/mol. The Hall–Kier alpha value is -1.43. The predicted octanol–water partition coefficient (Wildman–Crippen LogP) is 3.66. The quantitative estimate of drug-likeness (QED) is 0.851. The topological polar surface area (TPSA) is 62.2 Å². The summed E-state index contributed by atoms with van der Waals surface area (Å²) in [4.78, 5) is 15.5. The lowest BCUT2D eigenvalue weighted by molar-refractivity contribution is -0.141. The smallest absolute Gasteiger partial charge is 0.307 e. The number of rotatable bonds is 6. The Balaban J connectivity index is 2.01. The number of aliphatic carboxylic acids is 1. The van der Waals surface area contributed by atoms with Crippen LogP contribution in [0.25, 0.3) is 11.3 Å². The van der Waals surface area contributed by atoms with Crippen molar-refractivity contribution < 1.29 is 9.90 Å². The summed E-state index contributed by atoms with van der Waals surface area (Å²) in [6, 6.07) is 7.47. The van der Waals surface area contributed by atoms with Gasteiger partial charge in [0, 0.05) is 28.6 Å². The number of nitrogens with zero attached hydrogens (tertiary/aromatic N) is 1. The van der Waals surface area contributed by atoms with Crippen LogP contribution in [0.2, 0.25) is 5.02 Å². The predicted molar refractivity (Wildman–Crippen MR) is 85.7 cm³/mol. The Morgan fingerprint density at radius 2 is 2.14 bits per heavy atom. The molecule has 0 radical (unpaired) electrons. The number of carboxylic acid groups (broad SMARTS) is 1. The number of carbonyl (C=O) groups is 1. The fourth-order valence-corrected chi connectivity index (χ4v) is 2.80.